The summed E-state index contributed by atoms with van der Waals surface area (Å²) in [6.07, 6.45) is 0.298. The average Bonchev–Trinajstić information content (AvgIpc) is 2.08. The van der Waals surface area contributed by atoms with Crippen molar-refractivity contribution in [3.8, 4) is 0 Å². The van der Waals surface area contributed by atoms with Crippen molar-refractivity contribution in [1.82, 2.24) is 0 Å². The lowest BCUT2D eigenvalue weighted by atomic mass is 10.1. The van der Waals surface area contributed by atoms with E-state index in [1.54, 1.807) is 0 Å². The molecule has 0 aromatic heterocycles. The van der Waals surface area contributed by atoms with Gasteiger partial charge in [0.05, 0.1) is 0 Å². The van der Waals surface area contributed by atoms with Gasteiger partial charge in [-0.1, -0.05) is 6.92 Å². The molecule has 0 aliphatic rings. The number of rotatable bonds is 6. The minimum absolute atomic E-state index is 0.00319. The van der Waals surface area contributed by atoms with Crippen molar-refractivity contribution in [2.24, 2.45) is 11.7 Å². The molecule has 1 unspecified atom stereocenters. The van der Waals surface area contributed by atoms with E-state index in [1.807, 2.05) is 0 Å². The molecular formula is C6H17NO7P2. The van der Waals surface area contributed by atoms with Gasteiger partial charge in [0.15, 0.2) is 0 Å². The Morgan fingerprint density at radius 1 is 1.19 bits per heavy atom. The zero-order chi connectivity index (χ0) is 13.2. The number of hydrogen-bond donors (Lipinski definition) is 6. The Labute approximate surface area is 92.8 Å². The minimum Gasteiger partial charge on any atom is -0.367 e. The van der Waals surface area contributed by atoms with Crippen LogP contribution in [0.25, 0.3) is 0 Å². The molecule has 98 valence electrons. The predicted octanol–water partition coefficient (Wildman–Crippen LogP) is -0.637. The summed E-state index contributed by atoms with van der Waals surface area (Å²) in [5.74, 6) is -1.27. The first-order chi connectivity index (χ1) is 6.98. The molecule has 16 heavy (non-hydrogen) atoms. The van der Waals surface area contributed by atoms with E-state index in [2.05, 4.69) is 0 Å². The maximum atomic E-state index is 11.0. The van der Waals surface area contributed by atoms with Crippen molar-refractivity contribution >= 4 is 15.2 Å². The van der Waals surface area contributed by atoms with Gasteiger partial charge >= 0.3 is 15.2 Å². The maximum absolute atomic E-state index is 11.0. The Hall–Kier alpha value is 0.220. The molecule has 0 bridgehead atoms. The van der Waals surface area contributed by atoms with E-state index >= 15 is 0 Å². The lowest BCUT2D eigenvalue weighted by Gasteiger charge is -2.34. The highest BCUT2D eigenvalue weighted by atomic mass is 31.2. The average molecular weight is 277 g/mol. The SMILES string of the molecule is CC(CCCN)C(O)(P(=O)(O)O)P(=O)(O)O. The molecule has 0 saturated carbocycles. The summed E-state index contributed by atoms with van der Waals surface area (Å²) >= 11 is 0. The van der Waals surface area contributed by atoms with Crippen LogP contribution in [-0.2, 0) is 9.13 Å². The molecule has 0 aromatic carbocycles. The lowest BCUT2D eigenvalue weighted by molar-refractivity contribution is 0.0810. The molecule has 0 aliphatic heterocycles. The Bertz CT molecular complexity index is 299. The van der Waals surface area contributed by atoms with E-state index in [9.17, 15) is 14.2 Å². The van der Waals surface area contributed by atoms with Crippen LogP contribution in [0.3, 0.4) is 0 Å². The fraction of sp³-hybridized carbons (Fsp3) is 1.00. The standard InChI is InChI=1S/C6H17NO7P2/c1-5(3-2-4-7)6(8,15(9,10)11)16(12,13)14/h5,8H,2-4,7H2,1H3,(H2,9,10,11)(H2,12,13,14). The third-order valence-electron chi connectivity index (χ3n) is 2.36. The first-order valence-corrected chi connectivity index (χ1v) is 7.74. The molecule has 0 saturated heterocycles. The van der Waals surface area contributed by atoms with Gasteiger partial charge in [0.25, 0.3) is 5.08 Å². The molecule has 0 heterocycles. The highest BCUT2D eigenvalue weighted by Crippen LogP contribution is 2.70. The second-order valence-electron chi connectivity index (χ2n) is 3.61. The van der Waals surface area contributed by atoms with Crippen LogP contribution in [0.4, 0.5) is 0 Å². The van der Waals surface area contributed by atoms with Crippen molar-refractivity contribution in [2.45, 2.75) is 24.8 Å². The van der Waals surface area contributed by atoms with Gasteiger partial charge in [-0.25, -0.2) is 0 Å². The van der Waals surface area contributed by atoms with Crippen LogP contribution < -0.4 is 5.73 Å². The van der Waals surface area contributed by atoms with Gasteiger partial charge in [-0.05, 0) is 19.4 Å². The lowest BCUT2D eigenvalue weighted by Crippen LogP contribution is -2.36. The molecule has 0 aromatic rings. The second kappa shape index (κ2) is 5.25. The number of hydrogen-bond acceptors (Lipinski definition) is 4. The predicted molar refractivity (Wildman–Crippen MR) is 56.5 cm³/mol. The fourth-order valence-corrected chi connectivity index (χ4v) is 4.13. The topological polar surface area (TPSA) is 161 Å². The minimum atomic E-state index is -5.35. The van der Waals surface area contributed by atoms with Crippen LogP contribution in [0, 0.1) is 5.92 Å². The van der Waals surface area contributed by atoms with Crippen LogP contribution in [0.5, 0.6) is 0 Å². The van der Waals surface area contributed by atoms with Crippen molar-refractivity contribution in [2.75, 3.05) is 6.54 Å². The molecular weight excluding hydrogens is 260 g/mol. The van der Waals surface area contributed by atoms with Crippen LogP contribution in [0.1, 0.15) is 19.8 Å². The van der Waals surface area contributed by atoms with E-state index in [0.29, 0.717) is 6.42 Å². The molecule has 0 amide bonds. The zero-order valence-electron chi connectivity index (χ0n) is 8.72. The molecule has 1 atom stereocenters. The van der Waals surface area contributed by atoms with Crippen molar-refractivity contribution in [3.63, 3.8) is 0 Å². The van der Waals surface area contributed by atoms with Gasteiger partial charge in [-0.3, -0.25) is 9.13 Å². The van der Waals surface area contributed by atoms with E-state index in [1.165, 1.54) is 0 Å². The Kier molecular flexibility index (Phi) is 5.32. The third-order valence-corrected chi connectivity index (χ3v) is 6.52. The van der Waals surface area contributed by atoms with E-state index in [4.69, 9.17) is 25.3 Å². The molecule has 0 radical (unpaired) electrons. The summed E-state index contributed by atoms with van der Waals surface area (Å²) in [5.41, 5.74) is 5.17. The molecule has 0 aliphatic carbocycles. The van der Waals surface area contributed by atoms with E-state index in [0.717, 1.165) is 6.92 Å². The summed E-state index contributed by atoms with van der Waals surface area (Å²) in [6.45, 7) is 1.36. The molecule has 10 heteroatoms. The van der Waals surface area contributed by atoms with Crippen LogP contribution in [-0.4, -0.2) is 36.3 Å². The summed E-state index contributed by atoms with van der Waals surface area (Å²) in [6, 6.07) is 0. The fourth-order valence-electron chi connectivity index (χ4n) is 1.36. The summed E-state index contributed by atoms with van der Waals surface area (Å²) < 4.78 is 22.1. The highest BCUT2D eigenvalue weighted by Gasteiger charge is 2.62. The number of aliphatic hydroxyl groups is 1. The number of nitrogens with two attached hydrogens (primary N) is 1. The monoisotopic (exact) mass is 277 g/mol. The smallest absolute Gasteiger partial charge is 0.367 e. The quantitative estimate of drug-likeness (QED) is 0.349. The second-order valence-corrected chi connectivity index (χ2v) is 7.50. The maximum Gasteiger partial charge on any atom is 0.369 e. The first-order valence-electron chi connectivity index (χ1n) is 4.52. The zero-order valence-corrected chi connectivity index (χ0v) is 10.5. The van der Waals surface area contributed by atoms with Gasteiger partial charge in [0.2, 0.25) is 0 Å². The van der Waals surface area contributed by atoms with Gasteiger partial charge < -0.3 is 30.4 Å². The van der Waals surface area contributed by atoms with Crippen molar-refractivity contribution in [1.29, 1.82) is 0 Å². The van der Waals surface area contributed by atoms with E-state index < -0.39 is 26.2 Å². The molecule has 8 nitrogen and oxygen atoms in total. The summed E-state index contributed by atoms with van der Waals surface area (Å²) in [7, 11) is -10.7. The van der Waals surface area contributed by atoms with Crippen LogP contribution in [0.15, 0.2) is 0 Å². The van der Waals surface area contributed by atoms with E-state index in [-0.39, 0.29) is 13.0 Å². The normalized spacial score (nSPS) is 16.2. The van der Waals surface area contributed by atoms with Gasteiger partial charge in [0, 0.05) is 5.92 Å². The highest BCUT2D eigenvalue weighted by molar-refractivity contribution is 7.72. The molecule has 7 N–H and O–H groups in total. The van der Waals surface area contributed by atoms with Gasteiger partial charge in [-0.15, -0.1) is 0 Å². The van der Waals surface area contributed by atoms with Gasteiger partial charge in [0.1, 0.15) is 0 Å². The van der Waals surface area contributed by atoms with Crippen LogP contribution >= 0.6 is 15.2 Å². The molecule has 0 rings (SSSR count). The Morgan fingerprint density at radius 2 is 1.56 bits per heavy atom. The van der Waals surface area contributed by atoms with Gasteiger partial charge in [-0.2, -0.15) is 0 Å². The van der Waals surface area contributed by atoms with Crippen molar-refractivity contribution in [3.05, 3.63) is 0 Å². The summed E-state index contributed by atoms with van der Waals surface area (Å²) in [4.78, 5) is 35.5. The summed E-state index contributed by atoms with van der Waals surface area (Å²) in [5, 5.41) is 6.27. The van der Waals surface area contributed by atoms with Crippen molar-refractivity contribution < 1.29 is 33.8 Å². The third kappa shape index (κ3) is 3.12. The molecule has 0 fully saturated rings. The van der Waals surface area contributed by atoms with Crippen LogP contribution in [0.2, 0.25) is 0 Å². The molecule has 0 spiro atoms. The Balaban J connectivity index is 5.28. The first kappa shape index (κ1) is 16.2. The Morgan fingerprint density at radius 3 is 1.81 bits per heavy atom. The largest absolute Gasteiger partial charge is 0.369 e.